The second-order valence-electron chi connectivity index (χ2n) is 7.91. The molecule has 2 atom stereocenters. The highest BCUT2D eigenvalue weighted by Crippen LogP contribution is 2.42. The van der Waals surface area contributed by atoms with E-state index >= 15 is 0 Å². The number of rotatable bonds is 6. The Bertz CT molecular complexity index is 1150. The number of aromatic nitrogens is 3. The van der Waals surface area contributed by atoms with Crippen molar-refractivity contribution in [3.8, 4) is 17.1 Å². The van der Waals surface area contributed by atoms with Crippen LogP contribution >= 0.6 is 11.6 Å². The molecule has 1 amide bonds. The number of aromatic amines is 1. The molecule has 0 aliphatic carbocycles. The largest absolute Gasteiger partial charge is 0.493 e. The Labute approximate surface area is 195 Å². The maximum atomic E-state index is 13.1. The molecule has 33 heavy (non-hydrogen) atoms. The molecule has 1 saturated heterocycles. The average Bonchev–Trinajstić information content (AvgIpc) is 3.23. The van der Waals surface area contributed by atoms with Crippen molar-refractivity contribution < 1.29 is 19.0 Å². The number of H-pyrrole nitrogens is 1. The van der Waals surface area contributed by atoms with Crippen molar-refractivity contribution in [2.75, 3.05) is 38.8 Å². The van der Waals surface area contributed by atoms with Crippen molar-refractivity contribution in [1.29, 1.82) is 0 Å². The number of fused-ring (bicyclic) bond motifs is 1. The summed E-state index contributed by atoms with van der Waals surface area (Å²) >= 11 is 6.33. The molecular formula is C23H24ClN5O4. The van der Waals surface area contributed by atoms with E-state index in [2.05, 4.69) is 25.6 Å². The molecule has 9 nitrogen and oxygen atoms in total. The second-order valence-corrected chi connectivity index (χ2v) is 8.32. The van der Waals surface area contributed by atoms with E-state index in [0.717, 1.165) is 12.1 Å². The summed E-state index contributed by atoms with van der Waals surface area (Å²) in [5.41, 5.74) is 3.97. The van der Waals surface area contributed by atoms with Crippen molar-refractivity contribution in [3.63, 3.8) is 0 Å². The van der Waals surface area contributed by atoms with Gasteiger partial charge in [0.05, 0.1) is 66.4 Å². The molecule has 2 aliphatic heterocycles. The molecule has 2 aromatic heterocycles. The van der Waals surface area contributed by atoms with E-state index in [1.807, 2.05) is 12.1 Å². The van der Waals surface area contributed by atoms with E-state index in [4.69, 9.17) is 25.8 Å². The van der Waals surface area contributed by atoms with Gasteiger partial charge in [-0.25, -0.2) is 9.97 Å². The van der Waals surface area contributed by atoms with Gasteiger partial charge in [-0.05, 0) is 24.6 Å². The Morgan fingerprint density at radius 3 is 2.97 bits per heavy atom. The first-order valence-electron chi connectivity index (χ1n) is 10.7. The Hall–Kier alpha value is -3.14. The van der Waals surface area contributed by atoms with Gasteiger partial charge in [-0.1, -0.05) is 17.7 Å². The lowest BCUT2D eigenvalue weighted by Gasteiger charge is -2.29. The summed E-state index contributed by atoms with van der Waals surface area (Å²) in [6.45, 7) is 2.24. The van der Waals surface area contributed by atoms with Gasteiger partial charge in [0.2, 0.25) is 0 Å². The van der Waals surface area contributed by atoms with Gasteiger partial charge in [0.1, 0.15) is 6.33 Å². The van der Waals surface area contributed by atoms with Crippen LogP contribution in [0, 0.1) is 0 Å². The van der Waals surface area contributed by atoms with Crippen LogP contribution in [0.3, 0.4) is 0 Å². The van der Waals surface area contributed by atoms with Crippen LogP contribution in [-0.4, -0.2) is 60.4 Å². The van der Waals surface area contributed by atoms with Crippen molar-refractivity contribution in [1.82, 2.24) is 20.3 Å². The molecule has 1 aromatic carbocycles. The van der Waals surface area contributed by atoms with Crippen molar-refractivity contribution in [2.24, 2.45) is 0 Å². The predicted octanol–water partition coefficient (Wildman–Crippen LogP) is 3.51. The first kappa shape index (κ1) is 21.7. The van der Waals surface area contributed by atoms with Crippen molar-refractivity contribution in [2.45, 2.75) is 18.4 Å². The van der Waals surface area contributed by atoms with Gasteiger partial charge < -0.3 is 29.8 Å². The van der Waals surface area contributed by atoms with Crippen LogP contribution in [0.4, 0.5) is 11.4 Å². The lowest BCUT2D eigenvalue weighted by Crippen LogP contribution is -2.38. The summed E-state index contributed by atoms with van der Waals surface area (Å²) in [6.07, 6.45) is 3.83. The molecule has 3 aromatic rings. The number of hydrogen-bond donors (Lipinski definition) is 3. The fraction of sp³-hybridized carbons (Fsp3) is 0.348. The third kappa shape index (κ3) is 4.27. The smallest absolute Gasteiger partial charge is 0.255 e. The summed E-state index contributed by atoms with van der Waals surface area (Å²) in [6, 6.07) is 7.21. The molecule has 0 saturated carbocycles. The number of ether oxygens (including phenoxy) is 3. The van der Waals surface area contributed by atoms with E-state index in [0.29, 0.717) is 65.5 Å². The highest BCUT2D eigenvalue weighted by Gasteiger charge is 2.35. The lowest BCUT2D eigenvalue weighted by atomic mass is 9.91. The number of anilines is 2. The molecule has 0 bridgehead atoms. The molecule has 172 valence electrons. The van der Waals surface area contributed by atoms with Gasteiger partial charge in [0.25, 0.3) is 5.91 Å². The first-order chi connectivity index (χ1) is 16.2. The number of benzene rings is 1. The number of nitrogens with zero attached hydrogens (tertiary/aromatic N) is 2. The Balaban J connectivity index is 1.60. The predicted molar refractivity (Wildman–Crippen MR) is 123 cm³/mol. The van der Waals surface area contributed by atoms with Gasteiger partial charge in [0.15, 0.2) is 5.75 Å². The van der Waals surface area contributed by atoms with E-state index in [1.165, 1.54) is 6.33 Å². The molecule has 3 N–H and O–H groups in total. The summed E-state index contributed by atoms with van der Waals surface area (Å²) < 4.78 is 16.9. The monoisotopic (exact) mass is 469 g/mol. The van der Waals surface area contributed by atoms with E-state index in [9.17, 15) is 4.79 Å². The maximum Gasteiger partial charge on any atom is 0.255 e. The third-order valence-corrected chi connectivity index (χ3v) is 6.17. The lowest BCUT2D eigenvalue weighted by molar-refractivity contribution is -0.0928. The summed E-state index contributed by atoms with van der Waals surface area (Å²) in [4.78, 5) is 25.0. The zero-order chi connectivity index (χ0) is 22.8. The van der Waals surface area contributed by atoms with Crippen molar-refractivity contribution in [3.05, 3.63) is 53.1 Å². The van der Waals surface area contributed by atoms with Gasteiger partial charge in [-0.3, -0.25) is 4.79 Å². The molecule has 0 radical (unpaired) electrons. The molecular weight excluding hydrogens is 446 g/mol. The van der Waals surface area contributed by atoms with E-state index in [-0.39, 0.29) is 17.9 Å². The van der Waals surface area contributed by atoms with Crippen molar-refractivity contribution >= 4 is 28.9 Å². The fourth-order valence-corrected chi connectivity index (χ4v) is 4.62. The Morgan fingerprint density at radius 1 is 1.30 bits per heavy atom. The average molecular weight is 470 g/mol. The van der Waals surface area contributed by atoms with Crippen LogP contribution in [-0.2, 0) is 9.47 Å². The SMILES string of the molecule is COc1c(Cl)cccc1Nc1c(-c2ccncn2)[nH]c2c1C(=O)NC[C@@H]2C[C@@H]1COCCO1. The highest BCUT2D eigenvalue weighted by atomic mass is 35.5. The minimum Gasteiger partial charge on any atom is -0.493 e. The number of nitrogens with one attached hydrogen (secondary N) is 3. The minimum atomic E-state index is -0.165. The van der Waals surface area contributed by atoms with E-state index < -0.39 is 0 Å². The van der Waals surface area contributed by atoms with Crippen LogP contribution in [0.15, 0.2) is 36.8 Å². The number of halogens is 1. The van der Waals surface area contributed by atoms with Gasteiger partial charge in [-0.2, -0.15) is 0 Å². The summed E-state index contributed by atoms with van der Waals surface area (Å²) in [7, 11) is 1.55. The zero-order valence-electron chi connectivity index (χ0n) is 18.1. The molecule has 2 aliphatic rings. The summed E-state index contributed by atoms with van der Waals surface area (Å²) in [5.74, 6) is 0.354. The van der Waals surface area contributed by atoms with E-state index in [1.54, 1.807) is 25.4 Å². The molecule has 4 heterocycles. The normalized spacial score (nSPS) is 20.1. The van der Waals surface area contributed by atoms with Gasteiger partial charge in [0, 0.05) is 24.4 Å². The van der Waals surface area contributed by atoms with Crippen LogP contribution in [0.25, 0.3) is 11.4 Å². The number of amides is 1. The fourth-order valence-electron chi connectivity index (χ4n) is 4.36. The van der Waals surface area contributed by atoms with Crippen LogP contribution in [0.1, 0.15) is 28.4 Å². The number of hydrogen-bond acceptors (Lipinski definition) is 7. The van der Waals surface area contributed by atoms with Crippen LogP contribution < -0.4 is 15.4 Å². The second kappa shape index (κ2) is 9.38. The maximum absolute atomic E-state index is 13.1. The molecule has 10 heteroatoms. The van der Waals surface area contributed by atoms with Crippen LogP contribution in [0.5, 0.6) is 5.75 Å². The number of carbonyl (C=O) groups is 1. The third-order valence-electron chi connectivity index (χ3n) is 5.87. The standard InChI is InChI=1S/C23H24ClN5O4/c1-31-22-15(24)3-2-4-17(22)28-21-18-19(29-20(21)16-5-6-25-12-27-16)13(10-26-23(18)30)9-14-11-32-7-8-33-14/h2-6,12-14,28-29H,7-11H2,1H3,(H,26,30)/t13-,14+/m0/s1. The Kier molecular flexibility index (Phi) is 6.17. The molecule has 1 fully saturated rings. The Morgan fingerprint density at radius 2 is 2.21 bits per heavy atom. The molecule has 0 spiro atoms. The molecule has 5 rings (SSSR count). The minimum absolute atomic E-state index is 0.0261. The quantitative estimate of drug-likeness (QED) is 0.506. The number of methoxy groups -OCH3 is 1. The summed E-state index contributed by atoms with van der Waals surface area (Å²) in [5, 5.41) is 6.86. The highest BCUT2D eigenvalue weighted by molar-refractivity contribution is 6.32. The zero-order valence-corrected chi connectivity index (χ0v) is 18.8. The first-order valence-corrected chi connectivity index (χ1v) is 11.1. The van der Waals surface area contributed by atoms with Crippen LogP contribution in [0.2, 0.25) is 5.02 Å². The topological polar surface area (TPSA) is 110 Å². The number of para-hydroxylation sites is 1. The number of carbonyl (C=O) groups excluding carboxylic acids is 1. The van der Waals surface area contributed by atoms with Gasteiger partial charge >= 0.3 is 0 Å². The van der Waals surface area contributed by atoms with Gasteiger partial charge in [-0.15, -0.1) is 0 Å². The molecule has 0 unspecified atom stereocenters.